The standard InChI is InChI=1S/C21H24F3N5O/c1-14-28-17-8-3-4-9-18(17)29(14)12-6-11-26-21(25-2)27-13-15-16(22)7-5-10-19(15)30-20(23)24/h3-5,7-10,20H,6,11-13H2,1-2H3,(H2,25,26,27). The average molecular weight is 419 g/mol. The van der Waals surface area contributed by atoms with Crippen LogP contribution in [0.4, 0.5) is 13.2 Å². The molecule has 0 aliphatic carbocycles. The summed E-state index contributed by atoms with van der Waals surface area (Å²) in [5, 5.41) is 6.07. The predicted octanol–water partition coefficient (Wildman–Crippen LogP) is 3.84. The Kier molecular flexibility index (Phi) is 7.16. The molecule has 0 saturated heterocycles. The highest BCUT2D eigenvalue weighted by Crippen LogP contribution is 2.23. The molecule has 0 spiro atoms. The van der Waals surface area contributed by atoms with E-state index in [4.69, 9.17) is 0 Å². The van der Waals surface area contributed by atoms with E-state index in [1.165, 1.54) is 18.2 Å². The average Bonchev–Trinajstić information content (AvgIpc) is 3.03. The molecule has 0 saturated carbocycles. The number of alkyl halides is 2. The zero-order valence-electron chi connectivity index (χ0n) is 16.8. The molecule has 0 unspecified atom stereocenters. The van der Waals surface area contributed by atoms with Crippen LogP contribution in [0.25, 0.3) is 11.0 Å². The molecule has 0 fully saturated rings. The number of halogens is 3. The van der Waals surface area contributed by atoms with Gasteiger partial charge in [-0.1, -0.05) is 18.2 Å². The SMILES string of the molecule is CN=C(NCCCn1c(C)nc2ccccc21)NCc1c(F)cccc1OC(F)F. The summed E-state index contributed by atoms with van der Waals surface area (Å²) in [4.78, 5) is 8.64. The molecule has 9 heteroatoms. The van der Waals surface area contributed by atoms with Crippen molar-refractivity contribution in [2.75, 3.05) is 13.6 Å². The van der Waals surface area contributed by atoms with Crippen molar-refractivity contribution in [2.45, 2.75) is 33.0 Å². The highest BCUT2D eigenvalue weighted by atomic mass is 19.3. The van der Waals surface area contributed by atoms with Crippen LogP contribution >= 0.6 is 0 Å². The Morgan fingerprint density at radius 2 is 1.97 bits per heavy atom. The maximum atomic E-state index is 14.1. The van der Waals surface area contributed by atoms with Crippen molar-refractivity contribution in [1.82, 2.24) is 20.2 Å². The molecule has 1 aromatic heterocycles. The number of benzene rings is 2. The third-order valence-electron chi connectivity index (χ3n) is 4.64. The summed E-state index contributed by atoms with van der Waals surface area (Å²) < 4.78 is 45.7. The monoisotopic (exact) mass is 419 g/mol. The van der Waals surface area contributed by atoms with E-state index in [1.54, 1.807) is 7.05 Å². The summed E-state index contributed by atoms with van der Waals surface area (Å²) in [6, 6.07) is 11.8. The summed E-state index contributed by atoms with van der Waals surface area (Å²) in [6.45, 7) is 0.297. The lowest BCUT2D eigenvalue weighted by molar-refractivity contribution is -0.0506. The van der Waals surface area contributed by atoms with E-state index in [9.17, 15) is 13.2 Å². The first-order valence-corrected chi connectivity index (χ1v) is 9.58. The number of fused-ring (bicyclic) bond motifs is 1. The zero-order valence-corrected chi connectivity index (χ0v) is 16.8. The van der Waals surface area contributed by atoms with E-state index in [0.29, 0.717) is 12.5 Å². The molecule has 1 heterocycles. The number of rotatable bonds is 8. The van der Waals surface area contributed by atoms with Gasteiger partial charge in [0.15, 0.2) is 5.96 Å². The number of guanidine groups is 1. The zero-order chi connectivity index (χ0) is 21.5. The molecule has 0 aliphatic rings. The van der Waals surface area contributed by atoms with Gasteiger partial charge in [0.25, 0.3) is 0 Å². The molecule has 0 aliphatic heterocycles. The number of aliphatic imine (C=N–C) groups is 1. The molecule has 0 bridgehead atoms. The third kappa shape index (κ3) is 5.22. The van der Waals surface area contributed by atoms with Gasteiger partial charge in [-0.05, 0) is 37.6 Å². The number of hydrogen-bond acceptors (Lipinski definition) is 3. The second-order valence-corrected chi connectivity index (χ2v) is 6.60. The molecule has 160 valence electrons. The molecule has 0 radical (unpaired) electrons. The molecule has 2 N–H and O–H groups in total. The van der Waals surface area contributed by atoms with E-state index in [1.807, 2.05) is 31.2 Å². The van der Waals surface area contributed by atoms with Gasteiger partial charge in [-0.15, -0.1) is 0 Å². The van der Waals surface area contributed by atoms with Crippen LogP contribution in [0.5, 0.6) is 5.75 Å². The number of ether oxygens (including phenoxy) is 1. The topological polar surface area (TPSA) is 63.5 Å². The van der Waals surface area contributed by atoms with Crippen LogP contribution in [-0.4, -0.2) is 35.7 Å². The Morgan fingerprint density at radius 1 is 1.17 bits per heavy atom. The summed E-state index contributed by atoms with van der Waals surface area (Å²) in [6.07, 6.45) is 0.807. The number of aromatic nitrogens is 2. The molecule has 6 nitrogen and oxygen atoms in total. The minimum atomic E-state index is -3.02. The highest BCUT2D eigenvalue weighted by molar-refractivity contribution is 5.79. The van der Waals surface area contributed by atoms with Crippen molar-refractivity contribution in [3.8, 4) is 5.75 Å². The number of aryl methyl sites for hydroxylation is 2. The van der Waals surface area contributed by atoms with Crippen LogP contribution in [0.2, 0.25) is 0 Å². The first-order valence-electron chi connectivity index (χ1n) is 9.58. The predicted molar refractivity (Wildman–Crippen MR) is 110 cm³/mol. The molecule has 0 amide bonds. The van der Waals surface area contributed by atoms with Gasteiger partial charge in [0.2, 0.25) is 0 Å². The minimum Gasteiger partial charge on any atom is -0.434 e. The number of nitrogens with one attached hydrogen (secondary N) is 2. The lowest BCUT2D eigenvalue weighted by Crippen LogP contribution is -2.37. The Morgan fingerprint density at radius 3 is 2.73 bits per heavy atom. The summed E-state index contributed by atoms with van der Waals surface area (Å²) in [7, 11) is 1.58. The van der Waals surface area contributed by atoms with Gasteiger partial charge in [-0.25, -0.2) is 9.37 Å². The van der Waals surface area contributed by atoms with Crippen molar-refractivity contribution < 1.29 is 17.9 Å². The van der Waals surface area contributed by atoms with Gasteiger partial charge in [-0.2, -0.15) is 8.78 Å². The Labute approximate surface area is 172 Å². The van der Waals surface area contributed by atoms with Crippen molar-refractivity contribution in [1.29, 1.82) is 0 Å². The van der Waals surface area contributed by atoms with Gasteiger partial charge in [0.05, 0.1) is 11.0 Å². The Balaban J connectivity index is 1.53. The smallest absolute Gasteiger partial charge is 0.387 e. The normalized spacial score (nSPS) is 11.9. The van der Waals surface area contributed by atoms with Crippen LogP contribution in [0.1, 0.15) is 17.8 Å². The fraction of sp³-hybridized carbons (Fsp3) is 0.333. The van der Waals surface area contributed by atoms with Crippen LogP contribution < -0.4 is 15.4 Å². The van der Waals surface area contributed by atoms with Gasteiger partial charge in [0.1, 0.15) is 17.4 Å². The maximum absolute atomic E-state index is 14.1. The number of hydrogen-bond donors (Lipinski definition) is 2. The summed E-state index contributed by atoms with van der Waals surface area (Å²) in [5.74, 6) is 0.562. The Hall–Kier alpha value is -3.23. The molecule has 0 atom stereocenters. The Bertz CT molecular complexity index is 1020. The molecule has 3 rings (SSSR count). The molecule has 3 aromatic rings. The second-order valence-electron chi connectivity index (χ2n) is 6.60. The van der Waals surface area contributed by atoms with E-state index in [2.05, 4.69) is 29.9 Å². The largest absolute Gasteiger partial charge is 0.434 e. The first kappa shape index (κ1) is 21.5. The van der Waals surface area contributed by atoms with Crippen molar-refractivity contribution in [2.24, 2.45) is 4.99 Å². The number of para-hydroxylation sites is 2. The summed E-state index contributed by atoms with van der Waals surface area (Å²) >= 11 is 0. The molecule has 30 heavy (non-hydrogen) atoms. The van der Waals surface area contributed by atoms with Gasteiger partial charge in [0, 0.05) is 32.2 Å². The highest BCUT2D eigenvalue weighted by Gasteiger charge is 2.14. The molecular weight excluding hydrogens is 395 g/mol. The van der Waals surface area contributed by atoms with Crippen LogP contribution in [0, 0.1) is 12.7 Å². The summed E-state index contributed by atoms with van der Waals surface area (Å²) in [5.41, 5.74) is 2.07. The van der Waals surface area contributed by atoms with Crippen molar-refractivity contribution >= 4 is 17.0 Å². The van der Waals surface area contributed by atoms with Crippen molar-refractivity contribution in [3.63, 3.8) is 0 Å². The molecular formula is C21H24F3N5O. The van der Waals surface area contributed by atoms with Gasteiger partial charge in [-0.3, -0.25) is 4.99 Å². The fourth-order valence-electron chi connectivity index (χ4n) is 3.23. The lowest BCUT2D eigenvalue weighted by Gasteiger charge is -2.15. The number of imidazole rings is 1. The second kappa shape index (κ2) is 10.00. The van der Waals surface area contributed by atoms with Crippen LogP contribution in [0.15, 0.2) is 47.5 Å². The number of nitrogens with zero attached hydrogens (tertiary/aromatic N) is 3. The van der Waals surface area contributed by atoms with Crippen molar-refractivity contribution in [3.05, 3.63) is 59.7 Å². The van der Waals surface area contributed by atoms with E-state index >= 15 is 0 Å². The van der Waals surface area contributed by atoms with E-state index in [0.717, 1.165) is 29.8 Å². The van der Waals surface area contributed by atoms with Gasteiger partial charge < -0.3 is 19.9 Å². The van der Waals surface area contributed by atoms with E-state index < -0.39 is 12.4 Å². The molecule has 2 aromatic carbocycles. The van der Waals surface area contributed by atoms with Crippen LogP contribution in [-0.2, 0) is 13.1 Å². The van der Waals surface area contributed by atoms with Crippen LogP contribution in [0.3, 0.4) is 0 Å². The quantitative estimate of drug-likeness (QED) is 0.331. The lowest BCUT2D eigenvalue weighted by atomic mass is 10.2. The minimum absolute atomic E-state index is 0.0151. The maximum Gasteiger partial charge on any atom is 0.387 e. The van der Waals surface area contributed by atoms with Gasteiger partial charge >= 0.3 is 6.61 Å². The van der Waals surface area contributed by atoms with E-state index in [-0.39, 0.29) is 17.9 Å². The fourth-order valence-corrected chi connectivity index (χ4v) is 3.23. The third-order valence-corrected chi connectivity index (χ3v) is 4.64. The first-order chi connectivity index (χ1) is 14.5.